The lowest BCUT2D eigenvalue weighted by Gasteiger charge is -2.08. The van der Waals surface area contributed by atoms with Gasteiger partial charge in [0.1, 0.15) is 5.75 Å². The summed E-state index contributed by atoms with van der Waals surface area (Å²) >= 11 is 0.818. The van der Waals surface area contributed by atoms with E-state index in [0.29, 0.717) is 23.5 Å². The molecule has 9 heteroatoms. The number of carbonyl (C=O) groups is 1. The molecule has 0 spiro atoms. The van der Waals surface area contributed by atoms with Gasteiger partial charge in [0.25, 0.3) is 5.91 Å². The summed E-state index contributed by atoms with van der Waals surface area (Å²) in [6.45, 7) is 2.24. The van der Waals surface area contributed by atoms with E-state index < -0.39 is 15.7 Å². The largest absolute Gasteiger partial charge is 0.493 e. The molecule has 0 aliphatic carbocycles. The fourth-order valence-corrected chi connectivity index (χ4v) is 4.66. The number of ether oxygens (including phenoxy) is 1. The number of anilines is 1. The molecule has 0 aliphatic heterocycles. The van der Waals surface area contributed by atoms with E-state index in [-0.39, 0.29) is 15.2 Å². The molecule has 0 aliphatic rings. The van der Waals surface area contributed by atoms with Crippen molar-refractivity contribution < 1.29 is 17.9 Å². The van der Waals surface area contributed by atoms with Gasteiger partial charge in [-0.2, -0.15) is 0 Å². The molecule has 0 saturated heterocycles. The number of hydrogen-bond acceptors (Lipinski definition) is 7. The normalized spacial score (nSPS) is 11.1. The lowest BCUT2D eigenvalue weighted by atomic mass is 10.2. The summed E-state index contributed by atoms with van der Waals surface area (Å²) in [5.41, 5.74) is 0.993. The van der Waals surface area contributed by atoms with Gasteiger partial charge in [-0.3, -0.25) is 10.1 Å². The predicted octanol–water partition coefficient (Wildman–Crippen LogP) is 3.16. The molecule has 27 heavy (non-hydrogen) atoms. The van der Waals surface area contributed by atoms with E-state index in [4.69, 9.17) is 4.74 Å². The number of benzene rings is 2. The van der Waals surface area contributed by atoms with Crippen molar-refractivity contribution >= 4 is 32.2 Å². The Morgan fingerprint density at radius 3 is 2.52 bits per heavy atom. The molecule has 0 atom stereocenters. The van der Waals surface area contributed by atoms with Crippen LogP contribution in [0.2, 0.25) is 0 Å². The fraction of sp³-hybridized carbons (Fsp3) is 0.167. The molecule has 1 aromatic heterocycles. The van der Waals surface area contributed by atoms with Crippen molar-refractivity contribution in [3.63, 3.8) is 0 Å². The van der Waals surface area contributed by atoms with Crippen LogP contribution in [0.15, 0.2) is 58.9 Å². The van der Waals surface area contributed by atoms with Gasteiger partial charge in [-0.25, -0.2) is 8.42 Å². The summed E-state index contributed by atoms with van der Waals surface area (Å²) in [7, 11) is -3.64. The highest BCUT2D eigenvalue weighted by Gasteiger charge is 2.22. The first-order chi connectivity index (χ1) is 13.0. The maximum absolute atomic E-state index is 12.5. The maximum Gasteiger partial charge on any atom is 0.261 e. The standard InChI is InChI=1S/C18H17N3O4S2/c1-2-25-15-11-7-6-10-14(15)16(22)19-17-20-21-18(26-17)27(23,24)12-13-8-4-3-5-9-13/h3-11H,2,12H2,1H3,(H,19,20,22). The van der Waals surface area contributed by atoms with Crippen LogP contribution in [0, 0.1) is 0 Å². The van der Waals surface area contributed by atoms with Crippen LogP contribution in [0.25, 0.3) is 0 Å². The second-order valence-corrected chi connectivity index (χ2v) is 8.64. The monoisotopic (exact) mass is 403 g/mol. The van der Waals surface area contributed by atoms with Crippen molar-refractivity contribution in [2.45, 2.75) is 17.0 Å². The van der Waals surface area contributed by atoms with E-state index in [1.165, 1.54) is 0 Å². The summed E-state index contributed by atoms with van der Waals surface area (Å²) in [4.78, 5) is 12.5. The maximum atomic E-state index is 12.5. The van der Waals surface area contributed by atoms with E-state index >= 15 is 0 Å². The van der Waals surface area contributed by atoms with Gasteiger partial charge in [0.15, 0.2) is 0 Å². The molecule has 0 unspecified atom stereocenters. The van der Waals surface area contributed by atoms with Crippen LogP contribution in [-0.4, -0.2) is 31.1 Å². The second kappa shape index (κ2) is 8.28. The van der Waals surface area contributed by atoms with E-state index in [2.05, 4.69) is 15.5 Å². The summed E-state index contributed by atoms with van der Waals surface area (Å²) in [6, 6.07) is 15.6. The topological polar surface area (TPSA) is 98.2 Å². The van der Waals surface area contributed by atoms with Gasteiger partial charge < -0.3 is 4.74 Å². The number of rotatable bonds is 7. The van der Waals surface area contributed by atoms with Crippen molar-refractivity contribution in [1.82, 2.24) is 10.2 Å². The molecule has 3 rings (SSSR count). The number of amides is 1. The smallest absolute Gasteiger partial charge is 0.261 e. The Kier molecular flexibility index (Phi) is 5.82. The van der Waals surface area contributed by atoms with Crippen molar-refractivity contribution in [3.8, 4) is 5.75 Å². The Balaban J connectivity index is 1.75. The van der Waals surface area contributed by atoms with Crippen LogP contribution in [0.4, 0.5) is 5.13 Å². The van der Waals surface area contributed by atoms with Gasteiger partial charge in [-0.05, 0) is 24.6 Å². The molecular formula is C18H17N3O4S2. The lowest BCUT2D eigenvalue weighted by molar-refractivity contribution is 0.102. The third kappa shape index (κ3) is 4.69. The van der Waals surface area contributed by atoms with Gasteiger partial charge in [0.05, 0.1) is 17.9 Å². The number of aromatic nitrogens is 2. The highest BCUT2D eigenvalue weighted by molar-refractivity contribution is 7.92. The zero-order valence-electron chi connectivity index (χ0n) is 14.5. The Bertz CT molecular complexity index is 1030. The van der Waals surface area contributed by atoms with E-state index in [9.17, 15) is 13.2 Å². The SMILES string of the molecule is CCOc1ccccc1C(=O)Nc1nnc(S(=O)(=O)Cc2ccccc2)s1. The van der Waals surface area contributed by atoms with Crippen LogP contribution < -0.4 is 10.1 Å². The Labute approximate surface area is 161 Å². The highest BCUT2D eigenvalue weighted by atomic mass is 32.2. The van der Waals surface area contributed by atoms with Crippen molar-refractivity contribution in [2.75, 3.05) is 11.9 Å². The minimum atomic E-state index is -3.64. The minimum Gasteiger partial charge on any atom is -0.493 e. The zero-order valence-corrected chi connectivity index (χ0v) is 16.1. The molecule has 0 fully saturated rings. The average Bonchev–Trinajstić information content (AvgIpc) is 3.12. The van der Waals surface area contributed by atoms with E-state index in [1.54, 1.807) is 48.5 Å². The average molecular weight is 403 g/mol. The lowest BCUT2D eigenvalue weighted by Crippen LogP contribution is -2.13. The quantitative estimate of drug-likeness (QED) is 0.609. The summed E-state index contributed by atoms with van der Waals surface area (Å²) in [5.74, 6) is -0.176. The molecule has 1 heterocycles. The predicted molar refractivity (Wildman–Crippen MR) is 103 cm³/mol. The third-order valence-electron chi connectivity index (χ3n) is 3.52. The van der Waals surface area contributed by atoms with Gasteiger partial charge in [0.2, 0.25) is 19.3 Å². The molecule has 1 amide bonds. The zero-order chi connectivity index (χ0) is 19.3. The van der Waals surface area contributed by atoms with Crippen LogP contribution in [0.3, 0.4) is 0 Å². The number of hydrogen-bond donors (Lipinski definition) is 1. The Morgan fingerprint density at radius 1 is 1.07 bits per heavy atom. The number of para-hydroxylation sites is 1. The molecule has 0 bridgehead atoms. The van der Waals surface area contributed by atoms with Crippen molar-refractivity contribution in [1.29, 1.82) is 0 Å². The van der Waals surface area contributed by atoms with Crippen LogP contribution in [0.5, 0.6) is 5.75 Å². The molecule has 0 radical (unpaired) electrons. The van der Waals surface area contributed by atoms with Gasteiger partial charge in [-0.15, -0.1) is 10.2 Å². The molecule has 1 N–H and O–H groups in total. The van der Waals surface area contributed by atoms with Crippen molar-refractivity contribution in [3.05, 3.63) is 65.7 Å². The van der Waals surface area contributed by atoms with Crippen LogP contribution in [0.1, 0.15) is 22.8 Å². The van der Waals surface area contributed by atoms with Gasteiger partial charge in [-0.1, -0.05) is 53.8 Å². The minimum absolute atomic E-state index is 0.109. The van der Waals surface area contributed by atoms with Crippen LogP contribution >= 0.6 is 11.3 Å². The Morgan fingerprint density at radius 2 is 1.78 bits per heavy atom. The molecule has 140 valence electrons. The fourth-order valence-electron chi connectivity index (χ4n) is 2.34. The molecule has 7 nitrogen and oxygen atoms in total. The molecule has 0 saturated carbocycles. The number of carbonyl (C=O) groups excluding carboxylic acids is 1. The van der Waals surface area contributed by atoms with Crippen molar-refractivity contribution in [2.24, 2.45) is 0 Å². The first kappa shape index (κ1) is 19.0. The summed E-state index contributed by atoms with van der Waals surface area (Å²) in [6.07, 6.45) is 0. The highest BCUT2D eigenvalue weighted by Crippen LogP contribution is 2.25. The van der Waals surface area contributed by atoms with E-state index in [1.807, 2.05) is 13.0 Å². The molecule has 3 aromatic rings. The van der Waals surface area contributed by atoms with Gasteiger partial charge in [0, 0.05) is 0 Å². The summed E-state index contributed by atoms with van der Waals surface area (Å²) in [5, 5.41) is 10.2. The first-order valence-corrected chi connectivity index (χ1v) is 10.6. The second-order valence-electron chi connectivity index (χ2n) is 5.50. The number of nitrogens with one attached hydrogen (secondary N) is 1. The van der Waals surface area contributed by atoms with Gasteiger partial charge >= 0.3 is 0 Å². The molecular weight excluding hydrogens is 386 g/mol. The molecule has 2 aromatic carbocycles. The Hall–Kier alpha value is -2.78. The summed E-state index contributed by atoms with van der Waals surface area (Å²) < 4.78 is 30.3. The number of sulfone groups is 1. The third-order valence-corrected chi connectivity index (χ3v) is 6.50. The van der Waals surface area contributed by atoms with E-state index in [0.717, 1.165) is 11.3 Å². The van der Waals surface area contributed by atoms with Crippen LogP contribution in [-0.2, 0) is 15.6 Å². The first-order valence-electron chi connectivity index (χ1n) is 8.13. The number of nitrogens with zero attached hydrogens (tertiary/aromatic N) is 2.